The number of nitrogens with one attached hydrogen (secondary N) is 1. The van der Waals surface area contributed by atoms with E-state index in [0.717, 1.165) is 0 Å². The van der Waals surface area contributed by atoms with Gasteiger partial charge in [-0.05, 0) is 13.0 Å². The Labute approximate surface area is 151 Å². The van der Waals surface area contributed by atoms with E-state index in [-0.39, 0.29) is 6.61 Å². The van der Waals surface area contributed by atoms with Gasteiger partial charge in [-0.1, -0.05) is 24.8 Å². The van der Waals surface area contributed by atoms with Gasteiger partial charge >= 0.3 is 5.97 Å². The molecule has 26 heavy (non-hydrogen) atoms. The maximum absolute atomic E-state index is 12.7. The molecule has 1 aromatic carbocycles. The Morgan fingerprint density at radius 1 is 1.38 bits per heavy atom. The lowest BCUT2D eigenvalue weighted by molar-refractivity contribution is -0.138. The van der Waals surface area contributed by atoms with Crippen LogP contribution in [0, 0.1) is 0 Å². The molecule has 0 amide bonds. The van der Waals surface area contributed by atoms with Crippen molar-refractivity contribution in [3.05, 3.63) is 54.0 Å². The fourth-order valence-electron chi connectivity index (χ4n) is 2.98. The van der Waals surface area contributed by atoms with E-state index < -0.39 is 12.0 Å². The number of para-hydroxylation sites is 1. The lowest BCUT2D eigenvalue weighted by Crippen LogP contribution is -2.30. The molecule has 0 spiro atoms. The average Bonchev–Trinajstić information content (AvgIpc) is 3.12. The van der Waals surface area contributed by atoms with Crippen LogP contribution in [0.2, 0.25) is 0 Å². The fraction of sp³-hybridized carbons (Fsp3) is 0.278. The molecule has 3 rings (SSSR count). The number of fused-ring (bicyclic) bond motifs is 1. The van der Waals surface area contributed by atoms with Gasteiger partial charge in [0, 0.05) is 11.3 Å². The van der Waals surface area contributed by atoms with Crippen LogP contribution >= 0.6 is 0 Å². The van der Waals surface area contributed by atoms with Gasteiger partial charge in [0.1, 0.15) is 19.0 Å². The van der Waals surface area contributed by atoms with Crippen LogP contribution in [0.15, 0.2) is 48.5 Å². The minimum absolute atomic E-state index is 0.113. The highest BCUT2D eigenvalue weighted by Crippen LogP contribution is 2.42. The molecule has 0 saturated heterocycles. The molecule has 0 fully saturated rings. The van der Waals surface area contributed by atoms with E-state index >= 15 is 0 Å². The van der Waals surface area contributed by atoms with Gasteiger partial charge in [-0.2, -0.15) is 10.1 Å². The first-order chi connectivity index (χ1) is 12.6. The molecule has 1 aliphatic heterocycles. The molecule has 1 aliphatic rings. The van der Waals surface area contributed by atoms with Crippen LogP contribution in [0.5, 0.6) is 11.5 Å². The normalized spacial score (nSPS) is 15.7. The maximum Gasteiger partial charge on any atom is 0.338 e. The summed E-state index contributed by atoms with van der Waals surface area (Å²) in [6.07, 6.45) is 2.94. The number of anilines is 1. The van der Waals surface area contributed by atoms with Gasteiger partial charge in [-0.25, -0.2) is 9.48 Å². The van der Waals surface area contributed by atoms with E-state index in [1.165, 1.54) is 12.4 Å². The molecule has 1 aromatic heterocycles. The van der Waals surface area contributed by atoms with Gasteiger partial charge in [0.25, 0.3) is 0 Å². The van der Waals surface area contributed by atoms with Crippen LogP contribution < -0.4 is 14.8 Å². The summed E-state index contributed by atoms with van der Waals surface area (Å²) in [6, 6.07) is 4.91. The van der Waals surface area contributed by atoms with Crippen molar-refractivity contribution >= 4 is 11.9 Å². The van der Waals surface area contributed by atoms with Crippen molar-refractivity contribution in [3.63, 3.8) is 0 Å². The Kier molecular flexibility index (Phi) is 4.92. The Balaban J connectivity index is 2.19. The van der Waals surface area contributed by atoms with Crippen LogP contribution in [-0.4, -0.2) is 41.6 Å². The number of hydrogen-bond acceptors (Lipinski definition) is 7. The average molecular weight is 356 g/mol. The molecule has 1 atom stereocenters. The number of aromatic nitrogens is 3. The molecule has 0 bridgehead atoms. The Bertz CT molecular complexity index is 872. The van der Waals surface area contributed by atoms with E-state index in [0.29, 0.717) is 34.3 Å². The topological polar surface area (TPSA) is 87.5 Å². The second-order valence-electron chi connectivity index (χ2n) is 5.56. The van der Waals surface area contributed by atoms with Gasteiger partial charge in [0.05, 0.1) is 19.8 Å². The summed E-state index contributed by atoms with van der Waals surface area (Å²) in [6.45, 7) is 5.49. The lowest BCUT2D eigenvalue weighted by atomic mass is 9.94. The number of allylic oxidation sites excluding steroid dienone is 1. The molecule has 0 aliphatic carbocycles. The number of nitrogens with zero attached hydrogens (tertiary/aromatic N) is 3. The third-order valence-electron chi connectivity index (χ3n) is 4.07. The second kappa shape index (κ2) is 7.30. The van der Waals surface area contributed by atoms with Crippen LogP contribution in [0.25, 0.3) is 0 Å². The summed E-state index contributed by atoms with van der Waals surface area (Å²) in [5, 5.41) is 7.36. The minimum Gasteiger partial charge on any atom is -0.493 e. The summed E-state index contributed by atoms with van der Waals surface area (Å²) in [5.41, 5.74) is 1.76. The van der Waals surface area contributed by atoms with E-state index in [4.69, 9.17) is 14.2 Å². The summed E-state index contributed by atoms with van der Waals surface area (Å²) >= 11 is 0. The number of carbonyl (C=O) groups excluding carboxylic acids is 1. The standard InChI is InChI=1S/C18H20N4O4/c1-5-9-26-17(23)14-11(2)21-18-19-10-20-22(18)15(14)12-7-6-8-13(24-3)16(12)25-4/h5-8,10,15H,1,9H2,2-4H3,(H,19,20,21). The molecule has 1 N–H and O–H groups in total. The van der Waals surface area contributed by atoms with Crippen molar-refractivity contribution < 1.29 is 19.0 Å². The zero-order valence-corrected chi connectivity index (χ0v) is 14.9. The summed E-state index contributed by atoms with van der Waals surface area (Å²) in [4.78, 5) is 16.9. The highest BCUT2D eigenvalue weighted by Gasteiger charge is 2.36. The third-order valence-corrected chi connectivity index (χ3v) is 4.07. The predicted molar refractivity (Wildman–Crippen MR) is 95.2 cm³/mol. The first-order valence-corrected chi connectivity index (χ1v) is 7.98. The number of benzene rings is 1. The first-order valence-electron chi connectivity index (χ1n) is 7.98. The zero-order chi connectivity index (χ0) is 18.7. The van der Waals surface area contributed by atoms with Crippen molar-refractivity contribution in [1.82, 2.24) is 14.8 Å². The van der Waals surface area contributed by atoms with E-state index in [1.54, 1.807) is 31.9 Å². The summed E-state index contributed by atoms with van der Waals surface area (Å²) in [7, 11) is 3.11. The lowest BCUT2D eigenvalue weighted by Gasteiger charge is -2.29. The van der Waals surface area contributed by atoms with Crippen LogP contribution in [0.1, 0.15) is 18.5 Å². The SMILES string of the molecule is C=CCOC(=O)C1=C(C)Nc2ncnn2C1c1cccc(OC)c1OC. The quantitative estimate of drug-likeness (QED) is 0.628. The van der Waals surface area contributed by atoms with E-state index in [1.807, 2.05) is 12.1 Å². The van der Waals surface area contributed by atoms with Gasteiger partial charge in [0.2, 0.25) is 5.95 Å². The molecule has 136 valence electrons. The van der Waals surface area contributed by atoms with Crippen LogP contribution in [0.4, 0.5) is 5.95 Å². The molecule has 2 aromatic rings. The monoisotopic (exact) mass is 356 g/mol. The van der Waals surface area contributed by atoms with Crippen molar-refractivity contribution in [2.45, 2.75) is 13.0 Å². The van der Waals surface area contributed by atoms with E-state index in [9.17, 15) is 4.79 Å². The van der Waals surface area contributed by atoms with Crippen molar-refractivity contribution in [1.29, 1.82) is 0 Å². The van der Waals surface area contributed by atoms with Crippen molar-refractivity contribution in [2.75, 3.05) is 26.1 Å². The van der Waals surface area contributed by atoms with Crippen molar-refractivity contribution in [3.8, 4) is 11.5 Å². The minimum atomic E-state index is -0.573. The fourth-order valence-corrected chi connectivity index (χ4v) is 2.98. The molecule has 0 saturated carbocycles. The largest absolute Gasteiger partial charge is 0.493 e. The molecule has 1 unspecified atom stereocenters. The number of rotatable bonds is 6. The zero-order valence-electron chi connectivity index (χ0n) is 14.9. The van der Waals surface area contributed by atoms with Crippen LogP contribution in [-0.2, 0) is 9.53 Å². The Hall–Kier alpha value is -3.29. The highest BCUT2D eigenvalue weighted by atomic mass is 16.5. The van der Waals surface area contributed by atoms with Crippen LogP contribution in [0.3, 0.4) is 0 Å². The number of methoxy groups -OCH3 is 2. The smallest absolute Gasteiger partial charge is 0.338 e. The van der Waals surface area contributed by atoms with Gasteiger partial charge < -0.3 is 19.5 Å². The summed E-state index contributed by atoms with van der Waals surface area (Å²) < 4.78 is 17.9. The number of esters is 1. The maximum atomic E-state index is 12.7. The molecular weight excluding hydrogens is 336 g/mol. The van der Waals surface area contributed by atoms with E-state index in [2.05, 4.69) is 22.0 Å². The molecule has 2 heterocycles. The Morgan fingerprint density at radius 2 is 2.19 bits per heavy atom. The van der Waals surface area contributed by atoms with Crippen molar-refractivity contribution in [2.24, 2.45) is 0 Å². The number of carbonyl (C=O) groups is 1. The molecule has 0 radical (unpaired) electrons. The van der Waals surface area contributed by atoms with Gasteiger partial charge in [0.15, 0.2) is 11.5 Å². The molecule has 8 heteroatoms. The summed E-state index contributed by atoms with van der Waals surface area (Å²) in [5.74, 6) is 1.13. The number of ether oxygens (including phenoxy) is 3. The molecular formula is C18H20N4O4. The first kappa shape index (κ1) is 17.5. The number of hydrogen-bond donors (Lipinski definition) is 1. The Morgan fingerprint density at radius 3 is 2.88 bits per heavy atom. The predicted octanol–water partition coefficient (Wildman–Crippen LogP) is 2.31. The van der Waals surface area contributed by atoms with Gasteiger partial charge in [-0.15, -0.1) is 0 Å². The third kappa shape index (κ3) is 2.90. The molecule has 8 nitrogen and oxygen atoms in total. The second-order valence-corrected chi connectivity index (χ2v) is 5.56. The van der Waals surface area contributed by atoms with Gasteiger partial charge in [-0.3, -0.25) is 0 Å². The highest BCUT2D eigenvalue weighted by molar-refractivity contribution is 5.92.